The summed E-state index contributed by atoms with van der Waals surface area (Å²) in [6, 6.07) is 52.4. The molecule has 0 saturated heterocycles. The second-order valence-corrected chi connectivity index (χ2v) is 21.7. The fraction of sp³-hybridized carbons (Fsp3) is 0. The number of hydrogen-bond acceptors (Lipinski definition) is 5. The topological polar surface area (TPSA) is 28.2 Å². The zero-order chi connectivity index (χ0) is 35.1. The Kier molecular flexibility index (Phi) is 7.61. The average Bonchev–Trinajstić information content (AvgIpc) is 3.59. The van der Waals surface area contributed by atoms with Crippen LogP contribution < -0.4 is 27.8 Å². The summed E-state index contributed by atoms with van der Waals surface area (Å²) in [5, 5.41) is 0.576. The van der Waals surface area contributed by atoms with Crippen LogP contribution in [-0.2, 0) is 0 Å². The molecule has 0 N–H and O–H groups in total. The number of halogens is 4. The predicted molar refractivity (Wildman–Crippen MR) is 218 cm³/mol. The van der Waals surface area contributed by atoms with Crippen LogP contribution in [0.5, 0.6) is 11.5 Å². The van der Waals surface area contributed by atoms with Crippen molar-refractivity contribution < 1.29 is 6.03 Å². The van der Waals surface area contributed by atoms with E-state index in [-0.39, 0.29) is 20.1 Å². The van der Waals surface area contributed by atoms with Gasteiger partial charge in [0, 0.05) is 0 Å². The predicted octanol–water partition coefficient (Wildman–Crippen LogP) is 12.1. The summed E-state index contributed by atoms with van der Waals surface area (Å²) in [6.07, 6.45) is 0. The Morgan fingerprint density at radius 2 is 0.673 bits per heavy atom. The van der Waals surface area contributed by atoms with Crippen LogP contribution in [0.2, 0.25) is 20.1 Å². The quantitative estimate of drug-likeness (QED) is 0.100. The van der Waals surface area contributed by atoms with E-state index < -0.39 is 19.6 Å². The van der Waals surface area contributed by atoms with Crippen LogP contribution in [0.25, 0.3) is 0 Å². The van der Waals surface area contributed by atoms with E-state index in [1.54, 1.807) is 0 Å². The Labute approximate surface area is 325 Å². The van der Waals surface area contributed by atoms with Gasteiger partial charge in [-0.2, -0.15) is 0 Å². The van der Waals surface area contributed by atoms with E-state index in [1.165, 1.54) is 0 Å². The van der Waals surface area contributed by atoms with Crippen molar-refractivity contribution >= 4 is 124 Å². The number of nitrogens with zero attached hydrogens (tertiary/aromatic N) is 3. The van der Waals surface area contributed by atoms with Gasteiger partial charge in [-0.15, -0.1) is 0 Å². The van der Waals surface area contributed by atoms with Crippen molar-refractivity contribution in [3.63, 3.8) is 0 Å². The van der Waals surface area contributed by atoms with Crippen molar-refractivity contribution in [3.05, 3.63) is 172 Å². The number of anilines is 9. The molecule has 5 nitrogen and oxygen atoms in total. The molecule has 0 atom stereocenters. The van der Waals surface area contributed by atoms with Gasteiger partial charge >= 0.3 is 328 Å². The second kappa shape index (κ2) is 12.3. The van der Waals surface area contributed by atoms with Crippen LogP contribution in [0, 0.1) is 0 Å². The van der Waals surface area contributed by atoms with Crippen LogP contribution >= 0.6 is 46.4 Å². The first kappa shape index (κ1) is 32.2. The number of benzene rings is 7. The zero-order valence-corrected chi connectivity index (χ0v) is 33.0. The zero-order valence-electron chi connectivity index (χ0n) is 27.1. The summed E-state index contributed by atoms with van der Waals surface area (Å²) in [4.78, 5) is 6.87. The Morgan fingerprint density at radius 1 is 0.346 bits per heavy atom. The first-order chi connectivity index (χ1) is 25.5. The molecule has 3 aliphatic rings. The van der Waals surface area contributed by atoms with Gasteiger partial charge in [0.25, 0.3) is 0 Å². The maximum atomic E-state index is 7.46. The summed E-state index contributed by atoms with van der Waals surface area (Å²) >= 11 is 22.3. The third-order valence-electron chi connectivity index (χ3n) is 9.73. The van der Waals surface area contributed by atoms with Crippen LogP contribution in [0.15, 0.2) is 152 Å². The van der Waals surface area contributed by atoms with E-state index in [0.717, 1.165) is 58.2 Å². The molecule has 10 rings (SSSR count). The minimum absolute atomic E-state index is 0.121. The van der Waals surface area contributed by atoms with Crippen molar-refractivity contribution in [2.75, 3.05) is 14.7 Å². The van der Waals surface area contributed by atoms with Gasteiger partial charge in [-0.3, -0.25) is 0 Å². The van der Waals surface area contributed by atoms with Gasteiger partial charge in [-0.05, 0) is 0 Å². The Balaban J connectivity index is 1.42. The molecule has 1 spiro atoms. The molecular weight excluding hydrogens is 842 g/mol. The summed E-state index contributed by atoms with van der Waals surface area (Å²) in [7, 11) is 0. The average molecular weight is 868 g/mol. The van der Waals surface area contributed by atoms with E-state index in [0.29, 0.717) is 11.5 Å². The molecule has 0 fully saturated rings. The molecule has 10 heteroatoms. The Hall–Kier alpha value is -4.48. The van der Waals surface area contributed by atoms with E-state index in [1.807, 2.05) is 18.2 Å². The van der Waals surface area contributed by atoms with Crippen molar-refractivity contribution in [1.82, 2.24) is 0 Å². The summed E-state index contributed by atoms with van der Waals surface area (Å²) in [6.45, 7) is 0. The van der Waals surface area contributed by atoms with E-state index in [9.17, 15) is 0 Å². The van der Waals surface area contributed by atoms with E-state index in [4.69, 9.17) is 52.4 Å². The van der Waals surface area contributed by atoms with Crippen molar-refractivity contribution in [2.45, 2.75) is 0 Å². The molecule has 0 aromatic heterocycles. The normalized spacial score (nSPS) is 15.1. The second-order valence-electron chi connectivity index (χ2n) is 12.6. The Bertz CT molecular complexity index is 2400. The molecular formula is C42H26Cl4N3O2Sb. The number of para-hydroxylation sites is 3. The monoisotopic (exact) mass is 865 g/mol. The molecule has 0 radical (unpaired) electrons. The molecule has 0 saturated carbocycles. The molecule has 0 unspecified atom stereocenters. The van der Waals surface area contributed by atoms with Gasteiger partial charge in [-0.25, -0.2) is 0 Å². The van der Waals surface area contributed by atoms with E-state index in [2.05, 4.69) is 148 Å². The molecule has 0 aliphatic carbocycles. The third-order valence-corrected chi connectivity index (χ3v) is 21.0. The summed E-state index contributed by atoms with van der Waals surface area (Å²) in [5.74, 6) is 0.610. The van der Waals surface area contributed by atoms with Crippen LogP contribution in [0.3, 0.4) is 0 Å². The van der Waals surface area contributed by atoms with Crippen molar-refractivity contribution in [2.24, 2.45) is 0 Å². The first-order valence-electron chi connectivity index (χ1n) is 16.6. The van der Waals surface area contributed by atoms with Crippen LogP contribution in [0.1, 0.15) is 0 Å². The fourth-order valence-electron chi connectivity index (χ4n) is 7.65. The van der Waals surface area contributed by atoms with Gasteiger partial charge in [0.1, 0.15) is 0 Å². The fourth-order valence-corrected chi connectivity index (χ4v) is 19.7. The maximum absolute atomic E-state index is 7.46. The first-order valence-corrected chi connectivity index (χ1v) is 23.3. The van der Waals surface area contributed by atoms with E-state index >= 15 is 0 Å². The summed E-state index contributed by atoms with van der Waals surface area (Å²) < 4.78 is 16.8. The van der Waals surface area contributed by atoms with Gasteiger partial charge < -0.3 is 0 Å². The standard InChI is InChI=1S/C36H25N3.C6H2Cl4O2.Sb.H/c1-4-13-28(14-5-1)37-31-19-10-21-33(25-31)38(29-15-6-2-7-16-29)35-23-12-24-36(27-35)39(30-17-8-3-9-18-30)34-22-11-20-32(37)26-34;7-1-2(8)4(10)6(12)5(11)3(1)9;;/h1-25H;11-12H;;/q;;+2;/p-2. The number of rotatable bonds is 3. The molecule has 7 aromatic rings. The van der Waals surface area contributed by atoms with Gasteiger partial charge in [0.15, 0.2) is 0 Å². The van der Waals surface area contributed by atoms with Crippen molar-refractivity contribution in [3.8, 4) is 11.5 Å². The minimum atomic E-state index is -5.13. The van der Waals surface area contributed by atoms with Crippen LogP contribution in [0.4, 0.5) is 51.2 Å². The third kappa shape index (κ3) is 4.63. The van der Waals surface area contributed by atoms with Gasteiger partial charge in [0.2, 0.25) is 0 Å². The van der Waals surface area contributed by atoms with Gasteiger partial charge in [0.05, 0.1) is 0 Å². The van der Waals surface area contributed by atoms with Gasteiger partial charge in [-0.1, -0.05) is 0 Å². The number of fused-ring (bicyclic) bond motifs is 3. The van der Waals surface area contributed by atoms with Crippen molar-refractivity contribution in [1.29, 1.82) is 0 Å². The number of hydrogen-bond donors (Lipinski definition) is 0. The molecule has 7 aromatic carbocycles. The molecule has 3 heterocycles. The molecule has 4 bridgehead atoms. The summed E-state index contributed by atoms with van der Waals surface area (Å²) in [5.41, 5.74) is 8.59. The Morgan fingerprint density at radius 3 is 1.08 bits per heavy atom. The molecule has 3 aliphatic heterocycles. The molecule has 0 amide bonds. The van der Waals surface area contributed by atoms with Crippen LogP contribution in [-0.4, -0.2) is 19.6 Å². The molecule has 52 heavy (non-hydrogen) atoms. The molecule has 254 valence electrons. The SMILES string of the molecule is Clc1c(Cl)c(Cl)c2c(c1Cl)[O][SbH]1([O]2)[c]2c3cccc2N(c2ccccc2)c2cccc([c]21)N(c1ccccc1)c1cccc(c1)N3c1ccccc1.